The maximum Gasteiger partial charge on any atom is 0.402 e. The predicted octanol–water partition coefficient (Wildman–Crippen LogP) is 3.23. The van der Waals surface area contributed by atoms with Gasteiger partial charge in [-0.25, -0.2) is 0 Å². The van der Waals surface area contributed by atoms with Crippen molar-refractivity contribution in [2.24, 2.45) is 5.92 Å². The zero-order valence-corrected chi connectivity index (χ0v) is 10.3. The second kappa shape index (κ2) is 5.03. The number of rotatable bonds is 3. The molecule has 0 fully saturated rings. The van der Waals surface area contributed by atoms with Gasteiger partial charge < -0.3 is 10.8 Å². The molecule has 6 heteroatoms. The molecule has 0 saturated carbocycles. The van der Waals surface area contributed by atoms with E-state index in [1.165, 1.54) is 12.1 Å². The lowest BCUT2D eigenvalue weighted by Gasteiger charge is -2.16. The molecule has 0 spiro atoms. The Kier molecular flexibility index (Phi) is 3.57. The zero-order valence-electron chi connectivity index (χ0n) is 10.3. The van der Waals surface area contributed by atoms with Crippen LogP contribution in [0.4, 0.5) is 18.9 Å². The van der Waals surface area contributed by atoms with E-state index < -0.39 is 24.5 Å². The lowest BCUT2D eigenvalue weighted by Crippen LogP contribution is -2.32. The molecule has 1 atom stereocenters. The fraction of sp³-hybridized carbons (Fsp3) is 0.214. The Labute approximate surface area is 112 Å². The fourth-order valence-corrected chi connectivity index (χ4v) is 2.10. The average molecular weight is 283 g/mol. The number of halogens is 3. The van der Waals surface area contributed by atoms with E-state index in [0.717, 1.165) is 5.39 Å². The van der Waals surface area contributed by atoms with Gasteiger partial charge in [0, 0.05) is 11.1 Å². The second-order valence-corrected chi connectivity index (χ2v) is 4.54. The summed E-state index contributed by atoms with van der Waals surface area (Å²) in [6.45, 7) is 0. The van der Waals surface area contributed by atoms with E-state index in [0.29, 0.717) is 11.1 Å². The van der Waals surface area contributed by atoms with Crippen LogP contribution >= 0.6 is 0 Å². The number of carbonyl (C=O) groups is 1. The summed E-state index contributed by atoms with van der Waals surface area (Å²) in [6, 6.07) is 9.92. The van der Waals surface area contributed by atoms with Crippen molar-refractivity contribution < 1.29 is 23.1 Å². The zero-order chi connectivity index (χ0) is 14.9. The van der Waals surface area contributed by atoms with E-state index in [1.54, 1.807) is 24.3 Å². The highest BCUT2D eigenvalue weighted by Gasteiger charge is 2.44. The number of benzene rings is 2. The van der Waals surface area contributed by atoms with Gasteiger partial charge in [0.2, 0.25) is 0 Å². The van der Waals surface area contributed by atoms with Gasteiger partial charge in [-0.15, -0.1) is 0 Å². The van der Waals surface area contributed by atoms with E-state index in [-0.39, 0.29) is 5.56 Å². The van der Waals surface area contributed by atoms with Gasteiger partial charge in [-0.05, 0) is 23.4 Å². The van der Waals surface area contributed by atoms with E-state index in [2.05, 4.69) is 0 Å². The van der Waals surface area contributed by atoms with Gasteiger partial charge in [-0.3, -0.25) is 4.79 Å². The van der Waals surface area contributed by atoms with Gasteiger partial charge in [-0.2, -0.15) is 13.2 Å². The molecular weight excluding hydrogens is 271 g/mol. The first-order chi connectivity index (χ1) is 9.29. The number of carboxylic acid groups (broad SMARTS) is 1. The summed E-state index contributed by atoms with van der Waals surface area (Å²) in [5, 5.41) is 10.1. The average Bonchev–Trinajstić information content (AvgIpc) is 2.34. The first kappa shape index (κ1) is 14.2. The Balaban J connectivity index is 2.41. The largest absolute Gasteiger partial charge is 0.481 e. The molecule has 0 bridgehead atoms. The number of hydrogen-bond donors (Lipinski definition) is 2. The van der Waals surface area contributed by atoms with E-state index in [4.69, 9.17) is 10.8 Å². The summed E-state index contributed by atoms with van der Waals surface area (Å²) in [6.07, 6.45) is -5.42. The van der Waals surface area contributed by atoms with E-state index in [9.17, 15) is 18.0 Å². The third kappa shape index (κ3) is 2.84. The molecule has 0 aliphatic carbocycles. The first-order valence-corrected chi connectivity index (χ1v) is 5.85. The number of hydrogen-bond acceptors (Lipinski definition) is 2. The molecule has 20 heavy (non-hydrogen) atoms. The molecule has 2 aromatic rings. The van der Waals surface area contributed by atoms with Crippen LogP contribution in [0.1, 0.15) is 5.56 Å². The van der Waals surface area contributed by atoms with Crippen LogP contribution in [0, 0.1) is 5.92 Å². The van der Waals surface area contributed by atoms with Crippen molar-refractivity contribution in [2.45, 2.75) is 12.6 Å². The first-order valence-electron chi connectivity index (χ1n) is 5.85. The van der Waals surface area contributed by atoms with Crippen LogP contribution in [0.5, 0.6) is 0 Å². The highest BCUT2D eigenvalue weighted by atomic mass is 19.4. The van der Waals surface area contributed by atoms with Gasteiger partial charge in [-0.1, -0.05) is 30.3 Å². The maximum atomic E-state index is 12.7. The molecule has 0 radical (unpaired) electrons. The van der Waals surface area contributed by atoms with Crippen molar-refractivity contribution in [2.75, 3.05) is 5.73 Å². The Morgan fingerprint density at radius 3 is 2.50 bits per heavy atom. The van der Waals surface area contributed by atoms with Gasteiger partial charge in [0.15, 0.2) is 5.92 Å². The minimum atomic E-state index is -4.79. The lowest BCUT2D eigenvalue weighted by atomic mass is 9.96. The summed E-state index contributed by atoms with van der Waals surface area (Å²) < 4.78 is 38.0. The molecule has 3 nitrogen and oxygen atoms in total. The number of aliphatic carboxylic acids is 1. The van der Waals surface area contributed by atoms with Gasteiger partial charge in [0.1, 0.15) is 0 Å². The van der Waals surface area contributed by atoms with E-state index in [1.807, 2.05) is 0 Å². The smallest absolute Gasteiger partial charge is 0.402 e. The van der Waals surface area contributed by atoms with Crippen LogP contribution in [0.3, 0.4) is 0 Å². The number of fused-ring (bicyclic) bond motifs is 1. The number of nitrogens with two attached hydrogens (primary N) is 1. The molecular formula is C14H12F3NO2. The minimum Gasteiger partial charge on any atom is -0.481 e. The van der Waals surface area contributed by atoms with Crippen molar-refractivity contribution in [3.8, 4) is 0 Å². The number of carboxylic acids is 1. The van der Waals surface area contributed by atoms with Crippen molar-refractivity contribution >= 4 is 22.4 Å². The third-order valence-electron chi connectivity index (χ3n) is 3.09. The topological polar surface area (TPSA) is 63.3 Å². The SMILES string of the molecule is Nc1cc(CC(C(=O)O)C(F)(F)F)cc2ccccc12. The van der Waals surface area contributed by atoms with Crippen molar-refractivity contribution in [3.05, 3.63) is 42.0 Å². The normalized spacial score (nSPS) is 13.3. The molecule has 2 aromatic carbocycles. The fourth-order valence-electron chi connectivity index (χ4n) is 2.10. The molecule has 1 unspecified atom stereocenters. The molecule has 0 aliphatic rings. The Hall–Kier alpha value is -2.24. The maximum absolute atomic E-state index is 12.7. The number of alkyl halides is 3. The summed E-state index contributed by atoms with van der Waals surface area (Å²) in [5.41, 5.74) is 6.38. The van der Waals surface area contributed by atoms with E-state index >= 15 is 0 Å². The third-order valence-corrected chi connectivity index (χ3v) is 3.09. The molecule has 106 valence electrons. The standard InChI is InChI=1S/C14H12F3NO2/c15-14(16,17)11(13(19)20)6-8-5-9-3-1-2-4-10(9)12(18)7-8/h1-5,7,11H,6,18H2,(H,19,20). The molecule has 0 heterocycles. The van der Waals surface area contributed by atoms with Crippen molar-refractivity contribution in [3.63, 3.8) is 0 Å². The van der Waals surface area contributed by atoms with Gasteiger partial charge >= 0.3 is 12.1 Å². The van der Waals surface area contributed by atoms with Crippen LogP contribution in [0.25, 0.3) is 10.8 Å². The Bertz CT molecular complexity index is 652. The molecule has 0 aromatic heterocycles. The van der Waals surface area contributed by atoms with Crippen LogP contribution < -0.4 is 5.73 Å². The van der Waals surface area contributed by atoms with Crippen LogP contribution in [-0.2, 0) is 11.2 Å². The molecule has 0 amide bonds. The summed E-state index contributed by atoms with van der Waals surface area (Å²) >= 11 is 0. The minimum absolute atomic E-state index is 0.255. The van der Waals surface area contributed by atoms with Gasteiger partial charge in [0.25, 0.3) is 0 Å². The number of anilines is 1. The predicted molar refractivity (Wildman–Crippen MR) is 69.2 cm³/mol. The Morgan fingerprint density at radius 1 is 1.25 bits per heavy atom. The molecule has 3 N–H and O–H groups in total. The van der Waals surface area contributed by atoms with Crippen molar-refractivity contribution in [1.82, 2.24) is 0 Å². The highest BCUT2D eigenvalue weighted by molar-refractivity contribution is 5.93. The Morgan fingerprint density at radius 2 is 1.90 bits per heavy atom. The molecule has 2 rings (SSSR count). The van der Waals surface area contributed by atoms with Gasteiger partial charge in [0.05, 0.1) is 0 Å². The molecule has 0 saturated heterocycles. The summed E-state index contributed by atoms with van der Waals surface area (Å²) in [7, 11) is 0. The van der Waals surface area contributed by atoms with Crippen LogP contribution in [-0.4, -0.2) is 17.3 Å². The second-order valence-electron chi connectivity index (χ2n) is 4.54. The summed E-state index contributed by atoms with van der Waals surface area (Å²) in [5.74, 6) is -4.31. The van der Waals surface area contributed by atoms with Crippen LogP contribution in [0.2, 0.25) is 0 Å². The lowest BCUT2D eigenvalue weighted by molar-refractivity contribution is -0.193. The number of nitrogen functional groups attached to an aromatic ring is 1. The monoisotopic (exact) mass is 283 g/mol. The summed E-state index contributed by atoms with van der Waals surface area (Å²) in [4.78, 5) is 10.7. The van der Waals surface area contributed by atoms with Crippen molar-refractivity contribution in [1.29, 1.82) is 0 Å². The van der Waals surface area contributed by atoms with Crippen LogP contribution in [0.15, 0.2) is 36.4 Å². The molecule has 0 aliphatic heterocycles. The highest BCUT2D eigenvalue weighted by Crippen LogP contribution is 2.31. The quantitative estimate of drug-likeness (QED) is 0.850.